The van der Waals surface area contributed by atoms with Crippen molar-refractivity contribution in [1.29, 1.82) is 0 Å². The zero-order valence-corrected chi connectivity index (χ0v) is 10.8. The maximum absolute atomic E-state index is 5.07. The number of aromatic amines is 2. The first-order valence-corrected chi connectivity index (χ1v) is 6.28. The van der Waals surface area contributed by atoms with Crippen LogP contribution >= 0.6 is 12.2 Å². The summed E-state index contributed by atoms with van der Waals surface area (Å²) < 4.78 is 0.662. The van der Waals surface area contributed by atoms with Crippen molar-refractivity contribution < 1.29 is 0 Å². The van der Waals surface area contributed by atoms with Crippen LogP contribution in [0.15, 0.2) is 42.7 Å². The highest BCUT2D eigenvalue weighted by Gasteiger charge is 2.12. The van der Waals surface area contributed by atoms with Crippen LogP contribution in [0.3, 0.4) is 0 Å². The highest BCUT2D eigenvalue weighted by Crippen LogP contribution is 2.28. The molecule has 3 nitrogen and oxygen atoms in total. The summed E-state index contributed by atoms with van der Waals surface area (Å²) in [6.07, 6.45) is 3.75. The number of fused-ring (bicyclic) bond motifs is 1. The van der Waals surface area contributed by atoms with Crippen molar-refractivity contribution in [1.82, 2.24) is 15.0 Å². The Hall–Kier alpha value is -1.94. The highest BCUT2D eigenvalue weighted by molar-refractivity contribution is 7.71. The smallest absolute Gasteiger partial charge is 0.174 e. The third-order valence-electron chi connectivity index (χ3n) is 3.23. The van der Waals surface area contributed by atoms with Gasteiger partial charge in [0.25, 0.3) is 0 Å². The van der Waals surface area contributed by atoms with Gasteiger partial charge >= 0.3 is 0 Å². The molecule has 90 valence electrons. The number of nitrogens with one attached hydrogen (secondary N) is 2. The molecule has 3 aromatic rings. The zero-order chi connectivity index (χ0) is 12.5. The molecule has 0 saturated carbocycles. The highest BCUT2D eigenvalue weighted by atomic mass is 32.1. The van der Waals surface area contributed by atoms with E-state index in [2.05, 4.69) is 34.0 Å². The molecule has 3 rings (SSSR count). The molecule has 1 atom stereocenters. The Balaban J connectivity index is 2.17. The average molecular weight is 255 g/mol. The summed E-state index contributed by atoms with van der Waals surface area (Å²) in [5, 5.41) is 1.19. The van der Waals surface area contributed by atoms with Crippen LogP contribution in [-0.2, 0) is 0 Å². The van der Waals surface area contributed by atoms with E-state index in [-0.39, 0.29) is 5.92 Å². The van der Waals surface area contributed by atoms with Gasteiger partial charge < -0.3 is 9.97 Å². The van der Waals surface area contributed by atoms with E-state index in [1.807, 2.05) is 30.6 Å². The Bertz CT molecular complexity index is 736. The molecule has 0 spiro atoms. The third-order valence-corrected chi connectivity index (χ3v) is 3.45. The van der Waals surface area contributed by atoms with Crippen LogP contribution in [0.25, 0.3) is 10.9 Å². The molecule has 0 fully saturated rings. The van der Waals surface area contributed by atoms with Crippen molar-refractivity contribution in [3.63, 3.8) is 0 Å². The van der Waals surface area contributed by atoms with Crippen LogP contribution in [0.4, 0.5) is 0 Å². The molecule has 2 aromatic heterocycles. The second kappa shape index (κ2) is 4.38. The maximum Gasteiger partial charge on any atom is 0.174 e. The van der Waals surface area contributed by atoms with Gasteiger partial charge in [-0.05, 0) is 29.9 Å². The molecule has 0 bridgehead atoms. The van der Waals surface area contributed by atoms with Gasteiger partial charge in [-0.2, -0.15) is 0 Å². The summed E-state index contributed by atoms with van der Waals surface area (Å²) in [6, 6.07) is 10.3. The summed E-state index contributed by atoms with van der Waals surface area (Å²) in [4.78, 5) is 10.6. The summed E-state index contributed by atoms with van der Waals surface area (Å²) in [6.45, 7) is 2.16. The van der Waals surface area contributed by atoms with Crippen LogP contribution in [0, 0.1) is 4.77 Å². The SMILES string of the molecule is C[C@@H](c1c[nH]c(=S)[nH]1)c1cccc2ncccc12. The van der Waals surface area contributed by atoms with E-state index in [1.54, 1.807) is 0 Å². The fourth-order valence-electron chi connectivity index (χ4n) is 2.25. The van der Waals surface area contributed by atoms with Crippen LogP contribution in [-0.4, -0.2) is 15.0 Å². The number of rotatable bonds is 2. The van der Waals surface area contributed by atoms with Crippen molar-refractivity contribution in [2.24, 2.45) is 0 Å². The summed E-state index contributed by atoms with van der Waals surface area (Å²) in [7, 11) is 0. The Kier molecular flexibility index (Phi) is 2.72. The summed E-state index contributed by atoms with van der Waals surface area (Å²) in [5.74, 6) is 0.255. The lowest BCUT2D eigenvalue weighted by Gasteiger charge is -2.12. The number of H-pyrrole nitrogens is 2. The quantitative estimate of drug-likeness (QED) is 0.685. The van der Waals surface area contributed by atoms with Crippen LogP contribution in [0.1, 0.15) is 24.1 Å². The topological polar surface area (TPSA) is 44.5 Å². The minimum atomic E-state index is 0.255. The minimum absolute atomic E-state index is 0.255. The summed E-state index contributed by atoms with van der Waals surface area (Å²) >= 11 is 5.07. The minimum Gasteiger partial charge on any atom is -0.337 e. The van der Waals surface area contributed by atoms with Crippen LogP contribution < -0.4 is 0 Å². The monoisotopic (exact) mass is 255 g/mol. The standard InChI is InChI=1S/C14H13N3S/c1-9(13-8-16-14(18)17-13)10-4-2-6-12-11(10)5-3-7-15-12/h2-9H,1H3,(H2,16,17,18)/t9-/m1/s1. The van der Waals surface area contributed by atoms with E-state index >= 15 is 0 Å². The van der Waals surface area contributed by atoms with Gasteiger partial charge in [-0.25, -0.2) is 0 Å². The van der Waals surface area contributed by atoms with Crippen molar-refractivity contribution in [3.05, 3.63) is 58.8 Å². The lowest BCUT2D eigenvalue weighted by atomic mass is 9.94. The third kappa shape index (κ3) is 1.84. The van der Waals surface area contributed by atoms with E-state index in [1.165, 1.54) is 10.9 Å². The molecule has 2 heterocycles. The van der Waals surface area contributed by atoms with Gasteiger partial charge in [-0.3, -0.25) is 4.98 Å². The van der Waals surface area contributed by atoms with Gasteiger partial charge in [0, 0.05) is 29.4 Å². The van der Waals surface area contributed by atoms with Crippen molar-refractivity contribution >= 4 is 23.1 Å². The molecule has 4 heteroatoms. The number of hydrogen-bond acceptors (Lipinski definition) is 2. The molecule has 2 N–H and O–H groups in total. The molecule has 0 unspecified atom stereocenters. The molecule has 0 saturated heterocycles. The molecule has 0 aliphatic rings. The molecule has 1 aromatic carbocycles. The molecule has 0 aliphatic carbocycles. The largest absolute Gasteiger partial charge is 0.337 e. The van der Waals surface area contributed by atoms with Crippen molar-refractivity contribution in [2.75, 3.05) is 0 Å². The maximum atomic E-state index is 5.07. The second-order valence-electron chi connectivity index (χ2n) is 4.34. The molecule has 0 amide bonds. The molecular weight excluding hydrogens is 242 g/mol. The van der Waals surface area contributed by atoms with E-state index < -0.39 is 0 Å². The van der Waals surface area contributed by atoms with Gasteiger partial charge in [0.15, 0.2) is 4.77 Å². The summed E-state index contributed by atoms with van der Waals surface area (Å²) in [5.41, 5.74) is 3.37. The Morgan fingerprint density at radius 3 is 2.89 bits per heavy atom. The zero-order valence-electron chi connectivity index (χ0n) is 9.97. The molecule has 0 radical (unpaired) electrons. The normalized spacial score (nSPS) is 12.7. The lowest BCUT2D eigenvalue weighted by molar-refractivity contribution is 0.890. The number of nitrogens with zero attached hydrogens (tertiary/aromatic N) is 1. The van der Waals surface area contributed by atoms with E-state index in [0.717, 1.165) is 11.2 Å². The fraction of sp³-hybridized carbons (Fsp3) is 0.143. The Morgan fingerprint density at radius 1 is 1.22 bits per heavy atom. The predicted molar refractivity (Wildman–Crippen MR) is 75.2 cm³/mol. The van der Waals surface area contributed by atoms with E-state index in [0.29, 0.717) is 4.77 Å². The first kappa shape index (κ1) is 11.2. The average Bonchev–Trinajstić information content (AvgIpc) is 2.84. The van der Waals surface area contributed by atoms with Gasteiger partial charge in [0.05, 0.1) is 5.52 Å². The molecular formula is C14H13N3S. The molecule has 0 aliphatic heterocycles. The lowest BCUT2D eigenvalue weighted by Crippen LogP contribution is -1.97. The first-order chi connectivity index (χ1) is 8.75. The number of imidazole rings is 1. The predicted octanol–water partition coefficient (Wildman–Crippen LogP) is 3.77. The fourth-order valence-corrected chi connectivity index (χ4v) is 2.43. The van der Waals surface area contributed by atoms with Crippen molar-refractivity contribution in [2.45, 2.75) is 12.8 Å². The van der Waals surface area contributed by atoms with E-state index in [9.17, 15) is 0 Å². The van der Waals surface area contributed by atoms with E-state index in [4.69, 9.17) is 12.2 Å². The molecule has 18 heavy (non-hydrogen) atoms. The van der Waals surface area contributed by atoms with Crippen LogP contribution in [0.5, 0.6) is 0 Å². The first-order valence-electron chi connectivity index (χ1n) is 5.87. The van der Waals surface area contributed by atoms with Crippen molar-refractivity contribution in [3.8, 4) is 0 Å². The number of benzene rings is 1. The van der Waals surface area contributed by atoms with Gasteiger partial charge in [-0.15, -0.1) is 0 Å². The number of pyridine rings is 1. The number of aromatic nitrogens is 3. The van der Waals surface area contributed by atoms with Gasteiger partial charge in [-0.1, -0.05) is 25.1 Å². The Morgan fingerprint density at radius 2 is 2.11 bits per heavy atom. The van der Waals surface area contributed by atoms with Crippen LogP contribution in [0.2, 0.25) is 0 Å². The second-order valence-corrected chi connectivity index (χ2v) is 4.75. The van der Waals surface area contributed by atoms with Gasteiger partial charge in [0.1, 0.15) is 0 Å². The Labute approximate surface area is 110 Å². The number of hydrogen-bond donors (Lipinski definition) is 2. The van der Waals surface area contributed by atoms with Gasteiger partial charge in [0.2, 0.25) is 0 Å².